The van der Waals surface area contributed by atoms with Crippen molar-refractivity contribution in [3.63, 3.8) is 0 Å². The van der Waals surface area contributed by atoms with E-state index in [-0.39, 0.29) is 0 Å². The molecule has 0 amide bonds. The first kappa shape index (κ1) is 9.83. The molecule has 1 aliphatic rings. The lowest BCUT2D eigenvalue weighted by Gasteiger charge is -2.15. The summed E-state index contributed by atoms with van der Waals surface area (Å²) in [6, 6.07) is 0. The minimum absolute atomic E-state index is 0.926. The fourth-order valence-corrected chi connectivity index (χ4v) is 1.96. The average molecular weight is 166 g/mol. The summed E-state index contributed by atoms with van der Waals surface area (Å²) in [6.07, 6.45) is 16.1. The van der Waals surface area contributed by atoms with Gasteiger partial charge in [-0.05, 0) is 31.6 Å². The molecule has 0 heterocycles. The van der Waals surface area contributed by atoms with Crippen molar-refractivity contribution >= 4 is 0 Å². The summed E-state index contributed by atoms with van der Waals surface area (Å²) in [5.41, 5.74) is 0. The topological polar surface area (TPSA) is 0 Å². The average Bonchev–Trinajstić information content (AvgIpc) is 2.14. The van der Waals surface area contributed by atoms with E-state index in [1.165, 1.54) is 51.4 Å². The Labute approximate surface area is 77.1 Å². The Hall–Kier alpha value is -0.260. The van der Waals surface area contributed by atoms with E-state index in [4.69, 9.17) is 0 Å². The molecule has 0 aromatic carbocycles. The van der Waals surface area contributed by atoms with Crippen LogP contribution in [0.25, 0.3) is 0 Å². The van der Waals surface area contributed by atoms with Crippen LogP contribution in [-0.2, 0) is 0 Å². The monoisotopic (exact) mass is 166 g/mol. The molecule has 0 aromatic rings. The number of rotatable bonds is 5. The number of hydrogen-bond donors (Lipinski definition) is 0. The summed E-state index contributed by atoms with van der Waals surface area (Å²) in [5.74, 6) is 0.926. The van der Waals surface area contributed by atoms with E-state index < -0.39 is 0 Å². The molecule has 0 saturated heterocycles. The number of unbranched alkanes of at least 4 members (excludes halogenated alkanes) is 3. The van der Waals surface area contributed by atoms with Crippen molar-refractivity contribution in [2.45, 2.75) is 58.3 Å². The van der Waals surface area contributed by atoms with Crippen molar-refractivity contribution in [2.75, 3.05) is 0 Å². The van der Waals surface area contributed by atoms with Gasteiger partial charge in [-0.3, -0.25) is 0 Å². The third-order valence-corrected chi connectivity index (χ3v) is 2.78. The summed E-state index contributed by atoms with van der Waals surface area (Å²) in [7, 11) is 0. The van der Waals surface area contributed by atoms with Crippen LogP contribution in [0, 0.1) is 5.92 Å². The lowest BCUT2D eigenvalue weighted by molar-refractivity contribution is 0.474. The van der Waals surface area contributed by atoms with Gasteiger partial charge < -0.3 is 0 Å². The maximum absolute atomic E-state index is 2.44. The fourth-order valence-electron chi connectivity index (χ4n) is 1.96. The van der Waals surface area contributed by atoms with Gasteiger partial charge in [-0.1, -0.05) is 44.8 Å². The van der Waals surface area contributed by atoms with Gasteiger partial charge >= 0.3 is 0 Å². The van der Waals surface area contributed by atoms with Gasteiger partial charge in [-0.2, -0.15) is 0 Å². The Morgan fingerprint density at radius 2 is 2.17 bits per heavy atom. The van der Waals surface area contributed by atoms with Gasteiger partial charge in [-0.25, -0.2) is 0 Å². The first-order chi connectivity index (χ1) is 5.93. The zero-order chi connectivity index (χ0) is 8.65. The zero-order valence-corrected chi connectivity index (χ0v) is 8.39. The van der Waals surface area contributed by atoms with E-state index >= 15 is 0 Å². The highest BCUT2D eigenvalue weighted by Crippen LogP contribution is 2.22. The molecular formula is C12H22. The van der Waals surface area contributed by atoms with Crippen molar-refractivity contribution < 1.29 is 0 Å². The Balaban J connectivity index is 1.98. The summed E-state index contributed by atoms with van der Waals surface area (Å²) < 4.78 is 0. The highest BCUT2D eigenvalue weighted by molar-refractivity contribution is 4.92. The first-order valence-corrected chi connectivity index (χ1v) is 5.60. The van der Waals surface area contributed by atoms with Crippen molar-refractivity contribution in [3.05, 3.63) is 12.2 Å². The van der Waals surface area contributed by atoms with Crippen LogP contribution >= 0.6 is 0 Å². The molecule has 0 N–H and O–H groups in total. The molecule has 1 atom stereocenters. The van der Waals surface area contributed by atoms with E-state index in [2.05, 4.69) is 19.1 Å². The lowest BCUT2D eigenvalue weighted by atomic mass is 9.91. The van der Waals surface area contributed by atoms with Crippen LogP contribution in [-0.4, -0.2) is 0 Å². The van der Waals surface area contributed by atoms with Crippen molar-refractivity contribution in [2.24, 2.45) is 5.92 Å². The van der Waals surface area contributed by atoms with E-state index in [1.807, 2.05) is 0 Å². The smallest absolute Gasteiger partial charge is 0.0233 e. The summed E-state index contributed by atoms with van der Waals surface area (Å²) in [5, 5.41) is 0. The minimum Gasteiger partial charge on any atom is -0.0883 e. The molecule has 1 rings (SSSR count). The number of allylic oxidation sites excluding steroid dienone is 2. The molecule has 0 unspecified atom stereocenters. The molecule has 0 heteroatoms. The maximum atomic E-state index is 2.44. The fraction of sp³-hybridized carbons (Fsp3) is 0.833. The molecule has 0 bridgehead atoms. The summed E-state index contributed by atoms with van der Waals surface area (Å²) >= 11 is 0. The lowest BCUT2D eigenvalue weighted by Crippen LogP contribution is -2.00. The van der Waals surface area contributed by atoms with E-state index in [0.717, 1.165) is 5.92 Å². The van der Waals surface area contributed by atoms with Crippen LogP contribution in [0.4, 0.5) is 0 Å². The zero-order valence-electron chi connectivity index (χ0n) is 8.39. The Morgan fingerprint density at radius 3 is 2.83 bits per heavy atom. The number of hydrogen-bond acceptors (Lipinski definition) is 0. The summed E-state index contributed by atoms with van der Waals surface area (Å²) in [6.45, 7) is 2.28. The predicted octanol–water partition coefficient (Wildman–Crippen LogP) is 4.31. The van der Waals surface area contributed by atoms with Crippen LogP contribution in [0.2, 0.25) is 0 Å². The van der Waals surface area contributed by atoms with Crippen LogP contribution < -0.4 is 0 Å². The highest BCUT2D eigenvalue weighted by atomic mass is 14.1. The van der Waals surface area contributed by atoms with E-state index in [1.54, 1.807) is 0 Å². The molecule has 0 saturated carbocycles. The SMILES string of the molecule is CCCCCC[C@H]1C=CCCC1. The molecule has 0 aliphatic heterocycles. The molecule has 0 fully saturated rings. The van der Waals surface area contributed by atoms with Gasteiger partial charge in [0.1, 0.15) is 0 Å². The Morgan fingerprint density at radius 1 is 1.25 bits per heavy atom. The maximum Gasteiger partial charge on any atom is -0.0233 e. The molecule has 0 spiro atoms. The first-order valence-electron chi connectivity index (χ1n) is 5.60. The summed E-state index contributed by atoms with van der Waals surface area (Å²) in [4.78, 5) is 0. The van der Waals surface area contributed by atoms with Gasteiger partial charge in [0.25, 0.3) is 0 Å². The van der Waals surface area contributed by atoms with Crippen LogP contribution in [0.3, 0.4) is 0 Å². The van der Waals surface area contributed by atoms with Crippen LogP contribution in [0.15, 0.2) is 12.2 Å². The second-order valence-electron chi connectivity index (χ2n) is 3.97. The van der Waals surface area contributed by atoms with Crippen LogP contribution in [0.5, 0.6) is 0 Å². The molecule has 70 valence electrons. The second-order valence-corrected chi connectivity index (χ2v) is 3.97. The van der Waals surface area contributed by atoms with E-state index in [9.17, 15) is 0 Å². The van der Waals surface area contributed by atoms with E-state index in [0.29, 0.717) is 0 Å². The van der Waals surface area contributed by atoms with Gasteiger partial charge in [-0.15, -0.1) is 0 Å². The standard InChI is InChI=1S/C12H22/c1-2-3-4-6-9-12-10-7-5-8-11-12/h7,10,12H,2-6,8-9,11H2,1H3/t12-/m0/s1. The molecule has 0 nitrogen and oxygen atoms in total. The van der Waals surface area contributed by atoms with Gasteiger partial charge in [0.15, 0.2) is 0 Å². The van der Waals surface area contributed by atoms with Crippen LogP contribution in [0.1, 0.15) is 58.3 Å². The largest absolute Gasteiger partial charge is 0.0883 e. The van der Waals surface area contributed by atoms with Crippen molar-refractivity contribution in [1.82, 2.24) is 0 Å². The molecule has 12 heavy (non-hydrogen) atoms. The third-order valence-electron chi connectivity index (χ3n) is 2.78. The van der Waals surface area contributed by atoms with Crippen molar-refractivity contribution in [1.29, 1.82) is 0 Å². The third kappa shape index (κ3) is 3.94. The molecule has 0 radical (unpaired) electrons. The normalized spacial score (nSPS) is 22.9. The predicted molar refractivity (Wildman–Crippen MR) is 55.2 cm³/mol. The molecule has 0 aromatic heterocycles. The van der Waals surface area contributed by atoms with Gasteiger partial charge in [0.2, 0.25) is 0 Å². The molecular weight excluding hydrogens is 144 g/mol. The van der Waals surface area contributed by atoms with Crippen molar-refractivity contribution in [3.8, 4) is 0 Å². The van der Waals surface area contributed by atoms with Gasteiger partial charge in [0, 0.05) is 0 Å². The highest BCUT2D eigenvalue weighted by Gasteiger charge is 2.06. The Kier molecular flexibility index (Phi) is 5.14. The Bertz CT molecular complexity index is 124. The molecule has 1 aliphatic carbocycles. The second kappa shape index (κ2) is 6.28. The van der Waals surface area contributed by atoms with Gasteiger partial charge in [0.05, 0.1) is 0 Å². The minimum atomic E-state index is 0.926. The quantitative estimate of drug-likeness (QED) is 0.421.